The zero-order chi connectivity index (χ0) is 18.4. The van der Waals surface area contributed by atoms with E-state index in [2.05, 4.69) is 22.3 Å². The lowest BCUT2D eigenvalue weighted by Gasteiger charge is -2.17. The average molecular weight is 351 g/mol. The van der Waals surface area contributed by atoms with Crippen LogP contribution in [-0.2, 0) is 11.3 Å². The molecule has 0 spiro atoms. The molecule has 2 aromatic rings. The largest absolute Gasteiger partial charge is 0.351 e. The Kier molecular flexibility index (Phi) is 6.02. The summed E-state index contributed by atoms with van der Waals surface area (Å²) < 4.78 is 0. The molecular formula is C21H25N3O2. The van der Waals surface area contributed by atoms with Crippen molar-refractivity contribution in [2.45, 2.75) is 19.4 Å². The fourth-order valence-electron chi connectivity index (χ4n) is 3.15. The van der Waals surface area contributed by atoms with Gasteiger partial charge in [-0.1, -0.05) is 30.3 Å². The van der Waals surface area contributed by atoms with Crippen molar-refractivity contribution in [1.29, 1.82) is 0 Å². The molecular weight excluding hydrogens is 326 g/mol. The molecule has 2 amide bonds. The summed E-state index contributed by atoms with van der Waals surface area (Å²) in [6.45, 7) is 2.99. The van der Waals surface area contributed by atoms with Crippen LogP contribution in [0.4, 0.5) is 5.69 Å². The number of nitrogens with one attached hydrogen (secondary N) is 1. The number of benzene rings is 2. The topological polar surface area (TPSA) is 52.7 Å². The molecule has 26 heavy (non-hydrogen) atoms. The summed E-state index contributed by atoms with van der Waals surface area (Å²) in [4.78, 5) is 28.0. The zero-order valence-corrected chi connectivity index (χ0v) is 15.1. The van der Waals surface area contributed by atoms with Crippen LogP contribution in [0.1, 0.15) is 28.8 Å². The zero-order valence-electron chi connectivity index (χ0n) is 15.1. The van der Waals surface area contributed by atoms with Gasteiger partial charge in [0.1, 0.15) is 0 Å². The monoisotopic (exact) mass is 351 g/mol. The van der Waals surface area contributed by atoms with Gasteiger partial charge in [-0.3, -0.25) is 9.59 Å². The predicted octanol–water partition coefficient (Wildman–Crippen LogP) is 2.68. The van der Waals surface area contributed by atoms with Crippen molar-refractivity contribution in [1.82, 2.24) is 10.2 Å². The van der Waals surface area contributed by atoms with Crippen molar-refractivity contribution in [3.8, 4) is 0 Å². The lowest BCUT2D eigenvalue weighted by atomic mass is 10.2. The summed E-state index contributed by atoms with van der Waals surface area (Å²) in [7, 11) is 2.04. The van der Waals surface area contributed by atoms with Gasteiger partial charge < -0.3 is 15.1 Å². The molecule has 0 unspecified atom stereocenters. The fourth-order valence-corrected chi connectivity index (χ4v) is 3.15. The minimum atomic E-state index is -0.0857. The number of likely N-dealkylation sites (N-methyl/N-ethyl adjacent to an activating group) is 1. The van der Waals surface area contributed by atoms with E-state index in [1.165, 1.54) is 5.56 Å². The Morgan fingerprint density at radius 2 is 1.85 bits per heavy atom. The molecule has 1 heterocycles. The molecule has 0 bridgehead atoms. The van der Waals surface area contributed by atoms with Crippen LogP contribution in [0.3, 0.4) is 0 Å². The van der Waals surface area contributed by atoms with Crippen LogP contribution in [0.5, 0.6) is 0 Å². The highest BCUT2D eigenvalue weighted by Crippen LogP contribution is 2.21. The third kappa shape index (κ3) is 4.70. The van der Waals surface area contributed by atoms with Gasteiger partial charge in [0.25, 0.3) is 5.91 Å². The van der Waals surface area contributed by atoms with E-state index in [0.29, 0.717) is 18.5 Å². The Hall–Kier alpha value is -2.66. The van der Waals surface area contributed by atoms with Gasteiger partial charge >= 0.3 is 0 Å². The Morgan fingerprint density at radius 3 is 2.50 bits per heavy atom. The van der Waals surface area contributed by atoms with E-state index in [9.17, 15) is 9.59 Å². The second-order valence-corrected chi connectivity index (χ2v) is 6.68. The summed E-state index contributed by atoms with van der Waals surface area (Å²) in [6, 6.07) is 17.5. The minimum Gasteiger partial charge on any atom is -0.351 e. The van der Waals surface area contributed by atoms with E-state index in [-0.39, 0.29) is 11.8 Å². The molecule has 0 aliphatic carbocycles. The first kappa shape index (κ1) is 18.1. The number of amides is 2. The molecule has 2 aromatic carbocycles. The first-order valence-electron chi connectivity index (χ1n) is 9.04. The summed E-state index contributed by atoms with van der Waals surface area (Å²) in [5, 5.41) is 2.95. The number of anilines is 1. The second-order valence-electron chi connectivity index (χ2n) is 6.68. The molecule has 0 atom stereocenters. The normalized spacial score (nSPS) is 14.1. The van der Waals surface area contributed by atoms with Gasteiger partial charge in [-0.05, 0) is 43.3 Å². The third-order valence-electron chi connectivity index (χ3n) is 4.59. The van der Waals surface area contributed by atoms with Crippen molar-refractivity contribution in [3.63, 3.8) is 0 Å². The van der Waals surface area contributed by atoms with Gasteiger partial charge in [-0.15, -0.1) is 0 Å². The van der Waals surface area contributed by atoms with E-state index < -0.39 is 0 Å². The van der Waals surface area contributed by atoms with E-state index in [0.717, 1.165) is 31.7 Å². The van der Waals surface area contributed by atoms with Gasteiger partial charge in [0, 0.05) is 43.9 Å². The highest BCUT2D eigenvalue weighted by molar-refractivity contribution is 5.97. The van der Waals surface area contributed by atoms with Crippen LogP contribution in [0, 0.1) is 0 Å². The standard InChI is InChI=1S/C21H25N3O2/c1-23(16-17-6-3-2-4-7-17)15-13-22-21(26)18-9-11-19(12-10-18)24-14-5-8-20(24)25/h2-4,6-7,9-12H,5,8,13-16H2,1H3,(H,22,26). The molecule has 1 N–H and O–H groups in total. The van der Waals surface area contributed by atoms with E-state index in [4.69, 9.17) is 0 Å². The molecule has 136 valence electrons. The smallest absolute Gasteiger partial charge is 0.251 e. The number of nitrogens with zero attached hydrogens (tertiary/aromatic N) is 2. The van der Waals surface area contributed by atoms with E-state index in [1.54, 1.807) is 17.0 Å². The van der Waals surface area contributed by atoms with Crippen LogP contribution in [0.25, 0.3) is 0 Å². The Balaban J connectivity index is 1.45. The van der Waals surface area contributed by atoms with Crippen molar-refractivity contribution in [3.05, 3.63) is 65.7 Å². The Bertz CT molecular complexity index is 744. The number of carbonyl (C=O) groups excluding carboxylic acids is 2. The van der Waals surface area contributed by atoms with Crippen molar-refractivity contribution >= 4 is 17.5 Å². The second kappa shape index (κ2) is 8.63. The maximum atomic E-state index is 12.3. The molecule has 1 fully saturated rings. The van der Waals surface area contributed by atoms with Crippen LogP contribution < -0.4 is 10.2 Å². The predicted molar refractivity (Wildman–Crippen MR) is 103 cm³/mol. The summed E-state index contributed by atoms with van der Waals surface area (Å²) >= 11 is 0. The Morgan fingerprint density at radius 1 is 1.12 bits per heavy atom. The van der Waals surface area contributed by atoms with Gasteiger partial charge in [0.15, 0.2) is 0 Å². The van der Waals surface area contributed by atoms with Gasteiger partial charge in [-0.2, -0.15) is 0 Å². The van der Waals surface area contributed by atoms with Crippen LogP contribution in [0.15, 0.2) is 54.6 Å². The molecule has 1 aliphatic rings. The molecule has 0 saturated carbocycles. The lowest BCUT2D eigenvalue weighted by Crippen LogP contribution is -2.32. The Labute approximate surface area is 154 Å². The minimum absolute atomic E-state index is 0.0857. The van der Waals surface area contributed by atoms with Crippen LogP contribution in [0.2, 0.25) is 0 Å². The first-order valence-corrected chi connectivity index (χ1v) is 9.04. The summed E-state index contributed by atoms with van der Waals surface area (Å²) in [5.74, 6) is 0.0704. The molecule has 5 heteroatoms. The summed E-state index contributed by atoms with van der Waals surface area (Å²) in [6.07, 6.45) is 1.51. The summed E-state index contributed by atoms with van der Waals surface area (Å²) in [5.41, 5.74) is 2.74. The maximum Gasteiger partial charge on any atom is 0.251 e. The molecule has 1 saturated heterocycles. The fraction of sp³-hybridized carbons (Fsp3) is 0.333. The van der Waals surface area contributed by atoms with Gasteiger partial charge in [0.2, 0.25) is 5.91 Å². The highest BCUT2D eigenvalue weighted by Gasteiger charge is 2.21. The maximum absolute atomic E-state index is 12.3. The van der Waals surface area contributed by atoms with E-state index in [1.807, 2.05) is 37.4 Å². The van der Waals surface area contributed by atoms with Crippen molar-refractivity contribution in [2.24, 2.45) is 0 Å². The molecule has 3 rings (SSSR count). The number of hydrogen-bond donors (Lipinski definition) is 1. The number of carbonyl (C=O) groups is 2. The lowest BCUT2D eigenvalue weighted by molar-refractivity contribution is -0.117. The molecule has 5 nitrogen and oxygen atoms in total. The SMILES string of the molecule is CN(CCNC(=O)c1ccc(N2CCCC2=O)cc1)Cc1ccccc1. The average Bonchev–Trinajstić information content (AvgIpc) is 3.08. The number of hydrogen-bond acceptors (Lipinski definition) is 3. The van der Waals surface area contributed by atoms with Crippen LogP contribution >= 0.6 is 0 Å². The third-order valence-corrected chi connectivity index (χ3v) is 4.59. The molecule has 0 aromatic heterocycles. The molecule has 1 aliphatic heterocycles. The first-order chi connectivity index (χ1) is 12.6. The van der Waals surface area contributed by atoms with Gasteiger partial charge in [0.05, 0.1) is 0 Å². The van der Waals surface area contributed by atoms with Crippen molar-refractivity contribution in [2.75, 3.05) is 31.6 Å². The molecule has 0 radical (unpaired) electrons. The van der Waals surface area contributed by atoms with Crippen molar-refractivity contribution < 1.29 is 9.59 Å². The number of rotatable bonds is 7. The van der Waals surface area contributed by atoms with Gasteiger partial charge in [-0.25, -0.2) is 0 Å². The van der Waals surface area contributed by atoms with Crippen LogP contribution in [-0.4, -0.2) is 43.4 Å². The highest BCUT2D eigenvalue weighted by atomic mass is 16.2. The van der Waals surface area contributed by atoms with E-state index >= 15 is 0 Å². The quantitative estimate of drug-likeness (QED) is 0.834.